The van der Waals surface area contributed by atoms with Crippen LogP contribution in [0.4, 0.5) is 5.69 Å². The first kappa shape index (κ1) is 18.6. The summed E-state index contributed by atoms with van der Waals surface area (Å²) in [7, 11) is 1.99. The Morgan fingerprint density at radius 1 is 1.10 bits per heavy atom. The van der Waals surface area contributed by atoms with Crippen molar-refractivity contribution < 1.29 is 9.53 Å². The van der Waals surface area contributed by atoms with Gasteiger partial charge >= 0.3 is 5.97 Å². The van der Waals surface area contributed by atoms with E-state index < -0.39 is 6.04 Å². The van der Waals surface area contributed by atoms with Gasteiger partial charge in [-0.15, -0.1) is 11.3 Å². The molecule has 0 amide bonds. The molecule has 0 radical (unpaired) electrons. The molecule has 150 valence electrons. The highest BCUT2D eigenvalue weighted by Gasteiger charge is 2.39. The van der Waals surface area contributed by atoms with Gasteiger partial charge in [0.1, 0.15) is 6.10 Å². The number of esters is 1. The van der Waals surface area contributed by atoms with Crippen molar-refractivity contribution in [1.82, 2.24) is 4.90 Å². The van der Waals surface area contributed by atoms with Crippen molar-refractivity contribution in [3.05, 3.63) is 65.5 Å². The van der Waals surface area contributed by atoms with Gasteiger partial charge < -0.3 is 9.64 Å². The SMILES string of the molecule is CN(c1ccccc1)C(C(=O)OC1CN2CCC1CC2)c1csc2ccccc12. The van der Waals surface area contributed by atoms with Gasteiger partial charge in [0.05, 0.1) is 0 Å². The monoisotopic (exact) mass is 406 g/mol. The second-order valence-electron chi connectivity index (χ2n) is 8.15. The van der Waals surface area contributed by atoms with Gasteiger partial charge in [0, 0.05) is 29.5 Å². The van der Waals surface area contributed by atoms with Gasteiger partial charge in [-0.25, -0.2) is 4.79 Å². The summed E-state index contributed by atoms with van der Waals surface area (Å²) in [5.74, 6) is 0.365. The van der Waals surface area contributed by atoms with Crippen molar-refractivity contribution in [3.63, 3.8) is 0 Å². The van der Waals surface area contributed by atoms with Crippen LogP contribution in [0.2, 0.25) is 0 Å². The number of nitrogens with zero attached hydrogens (tertiary/aromatic N) is 2. The molecule has 0 N–H and O–H groups in total. The lowest BCUT2D eigenvalue weighted by Crippen LogP contribution is -2.52. The van der Waals surface area contributed by atoms with Crippen LogP contribution < -0.4 is 4.90 Å². The number of rotatable bonds is 5. The Balaban J connectivity index is 1.49. The normalized spacial score (nSPS) is 24.4. The Morgan fingerprint density at radius 2 is 1.83 bits per heavy atom. The van der Waals surface area contributed by atoms with Gasteiger partial charge in [-0.1, -0.05) is 36.4 Å². The summed E-state index contributed by atoms with van der Waals surface area (Å²) in [6.07, 6.45) is 2.29. The maximum atomic E-state index is 13.6. The van der Waals surface area contributed by atoms with Crippen LogP contribution in [0.3, 0.4) is 0 Å². The van der Waals surface area contributed by atoms with Crippen LogP contribution in [-0.4, -0.2) is 43.7 Å². The molecule has 4 heterocycles. The van der Waals surface area contributed by atoms with E-state index in [4.69, 9.17) is 4.74 Å². The number of piperidine rings is 3. The fraction of sp³-hybridized carbons (Fsp3) is 0.375. The van der Waals surface area contributed by atoms with Crippen molar-refractivity contribution in [2.24, 2.45) is 5.92 Å². The van der Waals surface area contributed by atoms with Crippen LogP contribution in [0.5, 0.6) is 0 Å². The molecule has 0 saturated carbocycles. The Kier molecular flexibility index (Phi) is 5.02. The Hall–Kier alpha value is -2.37. The zero-order valence-electron chi connectivity index (χ0n) is 16.7. The topological polar surface area (TPSA) is 32.8 Å². The van der Waals surface area contributed by atoms with Gasteiger partial charge in [0.15, 0.2) is 6.04 Å². The molecule has 0 spiro atoms. The average Bonchev–Trinajstić information content (AvgIpc) is 3.19. The molecule has 3 aliphatic heterocycles. The molecule has 1 aromatic heterocycles. The number of hydrogen-bond donors (Lipinski definition) is 0. The lowest BCUT2D eigenvalue weighted by atomic mass is 9.86. The summed E-state index contributed by atoms with van der Waals surface area (Å²) >= 11 is 1.69. The smallest absolute Gasteiger partial charge is 0.333 e. The van der Waals surface area contributed by atoms with Crippen LogP contribution in [0, 0.1) is 5.92 Å². The first-order chi connectivity index (χ1) is 14.2. The fourth-order valence-electron chi connectivity index (χ4n) is 4.77. The maximum Gasteiger partial charge on any atom is 0.333 e. The molecule has 29 heavy (non-hydrogen) atoms. The third kappa shape index (κ3) is 3.53. The van der Waals surface area contributed by atoms with Crippen LogP contribution in [-0.2, 0) is 9.53 Å². The molecule has 2 aromatic carbocycles. The predicted octanol–water partition coefficient (Wildman–Crippen LogP) is 4.72. The van der Waals surface area contributed by atoms with Crippen LogP contribution in [0.1, 0.15) is 24.4 Å². The first-order valence-electron chi connectivity index (χ1n) is 10.4. The number of carbonyl (C=O) groups is 1. The summed E-state index contributed by atoms with van der Waals surface area (Å²) < 4.78 is 7.38. The summed E-state index contributed by atoms with van der Waals surface area (Å²) in [5, 5.41) is 3.25. The number of likely N-dealkylation sites (N-methyl/N-ethyl adjacent to an activating group) is 1. The quantitative estimate of drug-likeness (QED) is 0.574. The van der Waals surface area contributed by atoms with E-state index in [-0.39, 0.29) is 12.1 Å². The minimum atomic E-state index is -0.455. The predicted molar refractivity (Wildman–Crippen MR) is 118 cm³/mol. The molecule has 3 saturated heterocycles. The molecular formula is C24H26N2O2S. The standard InChI is InChI=1S/C24H26N2O2S/c1-25(18-7-3-2-4-8-18)23(20-16-29-22-10-6-5-9-19(20)22)24(27)28-21-15-26-13-11-17(21)12-14-26/h2-10,16-17,21,23H,11-15H2,1H3. The Bertz CT molecular complexity index is 994. The fourth-order valence-corrected chi connectivity index (χ4v) is 5.75. The molecule has 2 bridgehead atoms. The van der Waals surface area contributed by atoms with Crippen molar-refractivity contribution >= 4 is 33.1 Å². The number of anilines is 1. The lowest BCUT2D eigenvalue weighted by Gasteiger charge is -2.44. The van der Waals surface area contributed by atoms with E-state index >= 15 is 0 Å². The van der Waals surface area contributed by atoms with Gasteiger partial charge in [-0.3, -0.25) is 4.90 Å². The van der Waals surface area contributed by atoms with Crippen molar-refractivity contribution in [3.8, 4) is 0 Å². The number of para-hydroxylation sites is 1. The van der Waals surface area contributed by atoms with E-state index in [1.54, 1.807) is 11.3 Å². The molecule has 5 heteroatoms. The average molecular weight is 407 g/mol. The molecule has 6 rings (SSSR count). The van der Waals surface area contributed by atoms with Crippen LogP contribution in [0.15, 0.2) is 60.0 Å². The van der Waals surface area contributed by atoms with Crippen molar-refractivity contribution in [2.45, 2.75) is 25.0 Å². The second kappa shape index (κ2) is 7.81. The summed E-state index contributed by atoms with van der Waals surface area (Å²) in [6.45, 7) is 3.16. The van der Waals surface area contributed by atoms with E-state index in [1.807, 2.05) is 49.5 Å². The van der Waals surface area contributed by atoms with Gasteiger partial charge in [-0.2, -0.15) is 0 Å². The number of benzene rings is 2. The highest BCUT2D eigenvalue weighted by atomic mass is 32.1. The molecule has 0 aliphatic carbocycles. The Morgan fingerprint density at radius 3 is 2.55 bits per heavy atom. The van der Waals surface area contributed by atoms with E-state index in [9.17, 15) is 4.79 Å². The minimum absolute atomic E-state index is 0.0153. The van der Waals surface area contributed by atoms with Gasteiger partial charge in [-0.05, 0) is 60.8 Å². The molecule has 4 nitrogen and oxygen atoms in total. The van der Waals surface area contributed by atoms with Crippen LogP contribution >= 0.6 is 11.3 Å². The second-order valence-corrected chi connectivity index (χ2v) is 9.06. The number of carbonyl (C=O) groups excluding carboxylic acids is 1. The largest absolute Gasteiger partial charge is 0.459 e. The van der Waals surface area contributed by atoms with Crippen molar-refractivity contribution in [2.75, 3.05) is 31.6 Å². The zero-order valence-corrected chi connectivity index (χ0v) is 17.5. The summed E-state index contributed by atoms with van der Waals surface area (Å²) in [4.78, 5) is 18.0. The van der Waals surface area contributed by atoms with E-state index in [0.29, 0.717) is 5.92 Å². The highest BCUT2D eigenvalue weighted by Crippen LogP contribution is 2.37. The number of hydrogen-bond acceptors (Lipinski definition) is 5. The lowest BCUT2D eigenvalue weighted by molar-refractivity contribution is -0.160. The molecule has 2 atom stereocenters. The highest BCUT2D eigenvalue weighted by molar-refractivity contribution is 7.17. The van der Waals surface area contributed by atoms with E-state index in [1.165, 1.54) is 4.70 Å². The molecular weight excluding hydrogens is 380 g/mol. The van der Waals surface area contributed by atoms with Gasteiger partial charge in [0.25, 0.3) is 0 Å². The third-order valence-electron chi connectivity index (χ3n) is 6.44. The Labute approximate surface area is 175 Å². The minimum Gasteiger partial charge on any atom is -0.459 e. The molecule has 3 aliphatic rings. The molecule has 2 unspecified atom stereocenters. The van der Waals surface area contributed by atoms with Gasteiger partial charge in [0.2, 0.25) is 0 Å². The summed E-state index contributed by atoms with van der Waals surface area (Å²) in [6, 6.07) is 18.0. The number of thiophene rings is 1. The van der Waals surface area contributed by atoms with Crippen LogP contribution in [0.25, 0.3) is 10.1 Å². The van der Waals surface area contributed by atoms with Crippen molar-refractivity contribution in [1.29, 1.82) is 0 Å². The van der Waals surface area contributed by atoms with E-state index in [0.717, 1.165) is 49.1 Å². The summed E-state index contributed by atoms with van der Waals surface area (Å²) in [5.41, 5.74) is 2.04. The zero-order chi connectivity index (χ0) is 19.8. The first-order valence-corrected chi connectivity index (χ1v) is 11.3. The molecule has 3 aromatic rings. The molecule has 3 fully saturated rings. The van der Waals surface area contributed by atoms with E-state index in [2.05, 4.69) is 27.3 Å². The number of ether oxygens (including phenoxy) is 1. The number of fused-ring (bicyclic) bond motifs is 4. The maximum absolute atomic E-state index is 13.6. The third-order valence-corrected chi connectivity index (χ3v) is 7.42.